The van der Waals surface area contributed by atoms with Crippen LogP contribution in [0, 0.1) is 34.3 Å². The summed E-state index contributed by atoms with van der Waals surface area (Å²) < 4.78 is 52.1. The Labute approximate surface area is 254 Å². The summed E-state index contributed by atoms with van der Waals surface area (Å²) in [5.41, 5.74) is 5.61. The predicted molar refractivity (Wildman–Crippen MR) is 159 cm³/mol. The molecule has 0 aliphatic carbocycles. The summed E-state index contributed by atoms with van der Waals surface area (Å²) in [4.78, 5) is 13.0. The Hall–Kier alpha value is -3.84. The van der Waals surface area contributed by atoms with Gasteiger partial charge in [0, 0.05) is 35.8 Å². The van der Waals surface area contributed by atoms with Crippen LogP contribution in [0.5, 0.6) is 6.01 Å². The van der Waals surface area contributed by atoms with Crippen LogP contribution in [0.25, 0.3) is 32.1 Å². The van der Waals surface area contributed by atoms with Crippen LogP contribution < -0.4 is 15.4 Å². The number of nitriles is 2. The standard InChI is InChI=1S/C30H25ClF3N7OS/c31-20-9-18-25(24(34)23(20)17-4-5-21(33)26-22(17)19(12-36)27(37)43-26)38-29(39-28(18)41-8-1-3-16(41)11-35)42-14-30-6-2-7-40(30)13-15(32)10-30/h4-5,9,15-16H,1-3,6-8,10,13-14,37H2/t15-,16+,30+/m1/s1. The van der Waals surface area contributed by atoms with Crippen LogP contribution in [0.3, 0.4) is 0 Å². The molecule has 13 heteroatoms. The molecule has 220 valence electrons. The van der Waals surface area contributed by atoms with Crippen LogP contribution in [0.2, 0.25) is 5.02 Å². The van der Waals surface area contributed by atoms with Crippen molar-refractivity contribution in [2.45, 2.75) is 49.9 Å². The number of rotatable bonds is 5. The maximum absolute atomic E-state index is 16.7. The molecule has 8 nitrogen and oxygen atoms in total. The van der Waals surface area contributed by atoms with Crippen molar-refractivity contribution in [3.8, 4) is 29.3 Å². The summed E-state index contributed by atoms with van der Waals surface area (Å²) in [5, 5.41) is 20.2. The van der Waals surface area contributed by atoms with Crippen LogP contribution >= 0.6 is 22.9 Å². The monoisotopic (exact) mass is 623 g/mol. The summed E-state index contributed by atoms with van der Waals surface area (Å²) >= 11 is 7.64. The summed E-state index contributed by atoms with van der Waals surface area (Å²) in [7, 11) is 0. The van der Waals surface area contributed by atoms with Gasteiger partial charge in [-0.25, -0.2) is 13.2 Å². The van der Waals surface area contributed by atoms with Gasteiger partial charge in [-0.1, -0.05) is 17.7 Å². The zero-order chi connectivity index (χ0) is 30.0. The van der Waals surface area contributed by atoms with E-state index in [0.29, 0.717) is 31.7 Å². The Balaban J connectivity index is 1.41. The third kappa shape index (κ3) is 4.35. The number of aromatic nitrogens is 2. The second kappa shape index (κ2) is 10.4. The maximum Gasteiger partial charge on any atom is 0.319 e. The van der Waals surface area contributed by atoms with Gasteiger partial charge in [0.05, 0.1) is 26.9 Å². The predicted octanol–water partition coefficient (Wildman–Crippen LogP) is 6.34. The lowest BCUT2D eigenvalue weighted by atomic mass is 9.95. The minimum atomic E-state index is -0.947. The van der Waals surface area contributed by atoms with E-state index in [9.17, 15) is 19.3 Å². The first-order valence-electron chi connectivity index (χ1n) is 14.0. The fourth-order valence-electron chi connectivity index (χ4n) is 7.00. The molecule has 3 atom stereocenters. The molecule has 43 heavy (non-hydrogen) atoms. The quantitative estimate of drug-likeness (QED) is 0.274. The molecule has 0 bridgehead atoms. The van der Waals surface area contributed by atoms with Gasteiger partial charge in [-0.15, -0.1) is 11.3 Å². The van der Waals surface area contributed by atoms with E-state index in [1.807, 2.05) is 6.07 Å². The van der Waals surface area contributed by atoms with Gasteiger partial charge in [0.2, 0.25) is 0 Å². The Morgan fingerprint density at radius 2 is 2.05 bits per heavy atom. The van der Waals surface area contributed by atoms with Gasteiger partial charge >= 0.3 is 6.01 Å². The second-order valence-electron chi connectivity index (χ2n) is 11.4. The van der Waals surface area contributed by atoms with Crippen molar-refractivity contribution < 1.29 is 17.9 Å². The molecule has 7 rings (SSSR count). The number of benzene rings is 2. The Kier molecular flexibility index (Phi) is 6.77. The molecule has 4 aromatic rings. The highest BCUT2D eigenvalue weighted by Crippen LogP contribution is 2.46. The maximum atomic E-state index is 16.7. The number of nitrogens with zero attached hydrogens (tertiary/aromatic N) is 6. The second-order valence-corrected chi connectivity index (χ2v) is 12.8. The minimum absolute atomic E-state index is 0.00165. The summed E-state index contributed by atoms with van der Waals surface area (Å²) in [6, 6.07) is 7.79. The van der Waals surface area contributed by atoms with Gasteiger partial charge in [0.1, 0.15) is 47.0 Å². The fourth-order valence-corrected chi connectivity index (χ4v) is 8.24. The average Bonchev–Trinajstić information content (AvgIpc) is 3.75. The molecule has 0 unspecified atom stereocenters. The smallest absolute Gasteiger partial charge is 0.319 e. The van der Waals surface area contributed by atoms with Crippen molar-refractivity contribution in [3.05, 3.63) is 40.4 Å². The molecule has 3 aliphatic heterocycles. The van der Waals surface area contributed by atoms with E-state index in [1.54, 1.807) is 4.90 Å². The van der Waals surface area contributed by atoms with Crippen LogP contribution in [0.4, 0.5) is 24.0 Å². The number of anilines is 2. The van der Waals surface area contributed by atoms with Crippen molar-refractivity contribution in [2.24, 2.45) is 0 Å². The van der Waals surface area contributed by atoms with Gasteiger partial charge in [-0.2, -0.15) is 20.5 Å². The minimum Gasteiger partial charge on any atom is -0.461 e. The van der Waals surface area contributed by atoms with E-state index < -0.39 is 29.4 Å². The topological polar surface area (TPSA) is 115 Å². The highest BCUT2D eigenvalue weighted by atomic mass is 35.5. The molecule has 0 radical (unpaired) electrons. The molecule has 5 heterocycles. The third-order valence-electron chi connectivity index (χ3n) is 8.95. The Morgan fingerprint density at radius 1 is 1.21 bits per heavy atom. The molecule has 2 aromatic carbocycles. The first kappa shape index (κ1) is 28.0. The largest absolute Gasteiger partial charge is 0.461 e. The molecular formula is C30H25ClF3N7OS. The molecule has 3 saturated heterocycles. The lowest BCUT2D eigenvalue weighted by Crippen LogP contribution is -2.43. The normalized spacial score (nSPS) is 23.6. The van der Waals surface area contributed by atoms with E-state index >= 15 is 4.39 Å². The molecular weight excluding hydrogens is 599 g/mol. The van der Waals surface area contributed by atoms with E-state index in [1.165, 1.54) is 18.2 Å². The number of hydrogen-bond acceptors (Lipinski definition) is 9. The van der Waals surface area contributed by atoms with Crippen LogP contribution in [-0.4, -0.2) is 58.9 Å². The highest BCUT2D eigenvalue weighted by Gasteiger charge is 2.49. The number of nitrogens with two attached hydrogens (primary N) is 1. The number of alkyl halides is 1. The highest BCUT2D eigenvalue weighted by molar-refractivity contribution is 7.23. The van der Waals surface area contributed by atoms with Gasteiger partial charge < -0.3 is 15.4 Å². The molecule has 2 N–H and O–H groups in total. The number of halogens is 4. The summed E-state index contributed by atoms with van der Waals surface area (Å²) in [5.74, 6) is -1.08. The van der Waals surface area contributed by atoms with Crippen LogP contribution in [0.15, 0.2) is 18.2 Å². The van der Waals surface area contributed by atoms with Gasteiger partial charge in [0.25, 0.3) is 0 Å². The lowest BCUT2D eigenvalue weighted by Gasteiger charge is -2.31. The first-order chi connectivity index (χ1) is 20.7. The van der Waals surface area contributed by atoms with Gasteiger partial charge in [-0.05, 0) is 49.9 Å². The third-order valence-corrected chi connectivity index (χ3v) is 10.3. The molecule has 0 saturated carbocycles. The van der Waals surface area contributed by atoms with Crippen molar-refractivity contribution in [2.75, 3.05) is 36.9 Å². The molecule has 0 amide bonds. The van der Waals surface area contributed by atoms with Crippen molar-refractivity contribution in [1.29, 1.82) is 10.5 Å². The average molecular weight is 624 g/mol. The summed E-state index contributed by atoms with van der Waals surface area (Å²) in [6.07, 6.45) is 2.46. The number of nitrogen functional groups attached to an aromatic ring is 1. The van der Waals surface area contributed by atoms with Gasteiger partial charge in [-0.3, -0.25) is 4.90 Å². The number of hydrogen-bond donors (Lipinski definition) is 1. The van der Waals surface area contributed by atoms with E-state index in [2.05, 4.69) is 20.9 Å². The van der Waals surface area contributed by atoms with Crippen molar-refractivity contribution in [1.82, 2.24) is 14.9 Å². The Bertz CT molecular complexity index is 1890. The summed E-state index contributed by atoms with van der Waals surface area (Å²) in [6.45, 7) is 1.79. The number of thiophene rings is 1. The molecule has 2 aromatic heterocycles. The van der Waals surface area contributed by atoms with Crippen molar-refractivity contribution in [3.63, 3.8) is 0 Å². The molecule has 3 fully saturated rings. The van der Waals surface area contributed by atoms with Crippen LogP contribution in [0.1, 0.15) is 37.7 Å². The number of ether oxygens (including phenoxy) is 1. The number of fused-ring (bicyclic) bond motifs is 3. The molecule has 3 aliphatic rings. The Morgan fingerprint density at radius 3 is 2.84 bits per heavy atom. The zero-order valence-electron chi connectivity index (χ0n) is 22.8. The fraction of sp³-hybridized carbons (Fsp3) is 0.400. The van der Waals surface area contributed by atoms with E-state index in [0.717, 1.165) is 37.1 Å². The van der Waals surface area contributed by atoms with Crippen molar-refractivity contribution >= 4 is 54.7 Å². The lowest BCUT2D eigenvalue weighted by molar-refractivity contribution is 0.107. The van der Waals surface area contributed by atoms with Gasteiger partial charge in [0.15, 0.2) is 5.82 Å². The SMILES string of the molecule is N#Cc1c(N)sc2c(F)ccc(-c3c(Cl)cc4c(N5CCC[C@H]5C#N)nc(OC[C@@]56CCCN5C[C@H](F)C6)nc4c3F)c12. The first-order valence-corrected chi connectivity index (χ1v) is 15.2. The van der Waals surface area contributed by atoms with Crippen LogP contribution in [-0.2, 0) is 0 Å². The zero-order valence-corrected chi connectivity index (χ0v) is 24.4. The van der Waals surface area contributed by atoms with E-state index in [4.69, 9.17) is 22.1 Å². The van der Waals surface area contributed by atoms with E-state index in [-0.39, 0.29) is 60.3 Å². The molecule has 0 spiro atoms.